The fourth-order valence-corrected chi connectivity index (χ4v) is 1.23. The van der Waals surface area contributed by atoms with Gasteiger partial charge in [-0.1, -0.05) is 12.2 Å². The molecule has 0 aliphatic carbocycles. The summed E-state index contributed by atoms with van der Waals surface area (Å²) in [6, 6.07) is 1.48. The van der Waals surface area contributed by atoms with Crippen molar-refractivity contribution in [2.45, 2.75) is 4.90 Å². The summed E-state index contributed by atoms with van der Waals surface area (Å²) < 4.78 is 0.0995. The van der Waals surface area contributed by atoms with Crippen molar-refractivity contribution in [3.63, 3.8) is 0 Å². The Kier molecular flexibility index (Phi) is 2.25. The molecule has 0 fully saturated rings. The molecule has 0 bridgehead atoms. The van der Waals surface area contributed by atoms with Crippen molar-refractivity contribution in [3.05, 3.63) is 27.0 Å². The zero-order chi connectivity index (χ0) is 8.43. The molecule has 6 heteroatoms. The first kappa shape index (κ1) is 8.22. The molecule has 0 aliphatic rings. The molecule has 0 saturated carbocycles. The highest BCUT2D eigenvalue weighted by Crippen LogP contribution is 2.21. The number of pyridine rings is 1. The maximum Gasteiger partial charge on any atom is 0.316 e. The van der Waals surface area contributed by atoms with E-state index in [9.17, 15) is 10.1 Å². The molecule has 1 rings (SSSR count). The molecule has 0 spiro atoms. The van der Waals surface area contributed by atoms with Crippen LogP contribution in [-0.4, -0.2) is 9.91 Å². The molecule has 4 nitrogen and oxygen atoms in total. The van der Waals surface area contributed by atoms with Crippen molar-refractivity contribution in [1.29, 1.82) is 0 Å². The van der Waals surface area contributed by atoms with Gasteiger partial charge in [-0.2, -0.15) is 0 Å². The number of H-pyrrole nitrogens is 1. The maximum absolute atomic E-state index is 10.3. The highest BCUT2D eigenvalue weighted by Gasteiger charge is 2.12. The molecular formula is C5H4N2O2S2. The summed E-state index contributed by atoms with van der Waals surface area (Å²) in [5.41, 5.74) is -0.147. The van der Waals surface area contributed by atoms with E-state index >= 15 is 0 Å². The zero-order valence-corrected chi connectivity index (χ0v) is 6.98. The average Bonchev–Trinajstić information content (AvgIpc) is 1.85. The minimum atomic E-state index is -0.554. The fourth-order valence-electron chi connectivity index (χ4n) is 0.636. The van der Waals surface area contributed by atoms with Gasteiger partial charge < -0.3 is 4.98 Å². The zero-order valence-electron chi connectivity index (χ0n) is 5.27. The van der Waals surface area contributed by atoms with Crippen LogP contribution in [0.3, 0.4) is 0 Å². The number of nitrogens with one attached hydrogen (secondary N) is 1. The minimum absolute atomic E-state index is 0.0995. The van der Waals surface area contributed by atoms with Gasteiger partial charge in [0.25, 0.3) is 0 Å². The van der Waals surface area contributed by atoms with Crippen LogP contribution in [0.2, 0.25) is 0 Å². The van der Waals surface area contributed by atoms with Crippen molar-refractivity contribution in [2.24, 2.45) is 0 Å². The molecule has 58 valence electrons. The summed E-state index contributed by atoms with van der Waals surface area (Å²) in [5.74, 6) is 0. The molecule has 11 heavy (non-hydrogen) atoms. The van der Waals surface area contributed by atoms with Crippen LogP contribution >= 0.6 is 24.8 Å². The second-order valence-electron chi connectivity index (χ2n) is 1.80. The van der Waals surface area contributed by atoms with Crippen LogP contribution in [0.1, 0.15) is 0 Å². The molecule has 0 saturated heterocycles. The van der Waals surface area contributed by atoms with E-state index in [1.165, 1.54) is 12.3 Å². The van der Waals surface area contributed by atoms with Crippen LogP contribution < -0.4 is 0 Å². The molecular weight excluding hydrogens is 184 g/mol. The molecule has 0 atom stereocenters. The Labute approximate surface area is 72.8 Å². The standard InChI is InChI=1S/C5H4N2O2S2/c8-7(9)4-3(10)1-2-6-5(4)11/h1-2H,(H2,6,10,11). The van der Waals surface area contributed by atoms with Crippen molar-refractivity contribution < 1.29 is 4.92 Å². The van der Waals surface area contributed by atoms with Gasteiger partial charge in [0.1, 0.15) is 0 Å². The number of aromatic amines is 1. The molecule has 0 unspecified atom stereocenters. The number of nitro groups is 1. The van der Waals surface area contributed by atoms with E-state index < -0.39 is 4.92 Å². The smallest absolute Gasteiger partial charge is 0.316 e. The summed E-state index contributed by atoms with van der Waals surface area (Å²) in [4.78, 5) is 12.6. The Morgan fingerprint density at radius 1 is 1.73 bits per heavy atom. The van der Waals surface area contributed by atoms with Crippen LogP contribution in [0, 0.1) is 14.8 Å². The summed E-state index contributed by atoms with van der Waals surface area (Å²) >= 11 is 8.55. The second kappa shape index (κ2) is 3.02. The Balaban J connectivity index is 3.45. The monoisotopic (exact) mass is 188 g/mol. The molecule has 0 amide bonds. The van der Waals surface area contributed by atoms with Crippen LogP contribution in [0.5, 0.6) is 0 Å². The molecule has 1 heterocycles. The fraction of sp³-hybridized carbons (Fsp3) is 0. The van der Waals surface area contributed by atoms with E-state index in [0.29, 0.717) is 0 Å². The molecule has 0 radical (unpaired) electrons. The highest BCUT2D eigenvalue weighted by molar-refractivity contribution is 7.80. The molecule has 1 N–H and O–H groups in total. The highest BCUT2D eigenvalue weighted by atomic mass is 32.1. The van der Waals surface area contributed by atoms with Crippen LogP contribution in [0.25, 0.3) is 0 Å². The lowest BCUT2D eigenvalue weighted by Gasteiger charge is -1.93. The average molecular weight is 188 g/mol. The van der Waals surface area contributed by atoms with Crippen molar-refractivity contribution in [3.8, 4) is 0 Å². The number of hydrogen-bond acceptors (Lipinski definition) is 4. The number of nitrogens with zero attached hydrogens (tertiary/aromatic N) is 1. The second-order valence-corrected chi connectivity index (χ2v) is 2.69. The third-order valence-electron chi connectivity index (χ3n) is 1.10. The van der Waals surface area contributed by atoms with E-state index in [-0.39, 0.29) is 15.2 Å². The van der Waals surface area contributed by atoms with E-state index in [0.717, 1.165) is 0 Å². The first-order valence-corrected chi connectivity index (χ1v) is 3.53. The van der Waals surface area contributed by atoms with Gasteiger partial charge in [0.05, 0.1) is 9.82 Å². The van der Waals surface area contributed by atoms with Crippen LogP contribution in [0.15, 0.2) is 17.2 Å². The number of thiol groups is 1. The summed E-state index contributed by atoms with van der Waals surface area (Å²) in [7, 11) is 0. The van der Waals surface area contributed by atoms with Gasteiger partial charge in [-0.05, 0) is 6.07 Å². The first-order valence-electron chi connectivity index (χ1n) is 2.68. The SMILES string of the molecule is O=[N+]([O-])c1c(S)cc[nH]c1=S. The summed E-state index contributed by atoms with van der Waals surface area (Å²) in [6.07, 6.45) is 1.51. The topological polar surface area (TPSA) is 58.9 Å². The van der Waals surface area contributed by atoms with Gasteiger partial charge in [0.15, 0.2) is 4.64 Å². The first-order chi connectivity index (χ1) is 5.13. The summed E-state index contributed by atoms with van der Waals surface area (Å²) in [6.45, 7) is 0. The van der Waals surface area contributed by atoms with Gasteiger partial charge >= 0.3 is 5.69 Å². The largest absolute Gasteiger partial charge is 0.347 e. The van der Waals surface area contributed by atoms with Gasteiger partial charge in [-0.3, -0.25) is 10.1 Å². The molecule has 1 aromatic heterocycles. The van der Waals surface area contributed by atoms with Crippen molar-refractivity contribution in [2.75, 3.05) is 0 Å². The van der Waals surface area contributed by atoms with Gasteiger partial charge in [0.2, 0.25) is 0 Å². The van der Waals surface area contributed by atoms with Crippen molar-refractivity contribution in [1.82, 2.24) is 4.98 Å². The third kappa shape index (κ3) is 1.58. The van der Waals surface area contributed by atoms with Crippen LogP contribution in [0.4, 0.5) is 5.69 Å². The lowest BCUT2D eigenvalue weighted by Crippen LogP contribution is -1.91. The van der Waals surface area contributed by atoms with E-state index in [1.54, 1.807) is 0 Å². The lowest BCUT2D eigenvalue weighted by molar-refractivity contribution is -0.388. The Hall–Kier alpha value is -0.880. The van der Waals surface area contributed by atoms with E-state index in [1.807, 2.05) is 0 Å². The van der Waals surface area contributed by atoms with Crippen LogP contribution in [-0.2, 0) is 0 Å². The maximum atomic E-state index is 10.3. The Bertz CT molecular complexity index is 347. The third-order valence-corrected chi connectivity index (χ3v) is 1.77. The minimum Gasteiger partial charge on any atom is -0.347 e. The predicted octanol–water partition coefficient (Wildman–Crippen LogP) is 1.94. The normalized spacial score (nSPS) is 9.55. The van der Waals surface area contributed by atoms with Gasteiger partial charge in [-0.25, -0.2) is 0 Å². The number of rotatable bonds is 1. The molecule has 1 aromatic rings. The van der Waals surface area contributed by atoms with E-state index in [4.69, 9.17) is 0 Å². The molecule has 0 aliphatic heterocycles. The lowest BCUT2D eigenvalue weighted by atomic mass is 10.4. The number of aromatic nitrogens is 1. The number of hydrogen-bond donors (Lipinski definition) is 2. The Morgan fingerprint density at radius 2 is 2.36 bits per heavy atom. The predicted molar refractivity (Wildman–Crippen MR) is 45.5 cm³/mol. The van der Waals surface area contributed by atoms with Gasteiger partial charge in [-0.15, -0.1) is 12.6 Å². The van der Waals surface area contributed by atoms with Gasteiger partial charge in [0, 0.05) is 6.20 Å². The quantitative estimate of drug-likeness (QED) is 0.306. The Morgan fingerprint density at radius 3 is 2.73 bits per heavy atom. The van der Waals surface area contributed by atoms with E-state index in [2.05, 4.69) is 29.8 Å². The summed E-state index contributed by atoms with van der Waals surface area (Å²) in [5, 5.41) is 10.3. The molecule has 0 aromatic carbocycles. The van der Waals surface area contributed by atoms with Crippen molar-refractivity contribution >= 4 is 30.5 Å².